The van der Waals surface area contributed by atoms with Crippen LogP contribution in [0.3, 0.4) is 0 Å². The number of phenolic OH excluding ortho intramolecular Hbond substituents is 1. The molecule has 40 heavy (non-hydrogen) atoms. The second-order valence-corrected chi connectivity index (χ2v) is 12.4. The average Bonchev–Trinajstić information content (AvgIpc) is 2.83. The van der Waals surface area contributed by atoms with E-state index < -0.39 is 64.4 Å². The number of aliphatic hydroxyl groups is 1. The first-order valence-corrected chi connectivity index (χ1v) is 13.7. The fraction of sp³-hybridized carbons (Fsp3) is 0.621. The number of nitrogens with zero attached hydrogens (tertiary/aromatic N) is 2. The molecule has 0 heterocycles. The van der Waals surface area contributed by atoms with Crippen molar-refractivity contribution >= 4 is 34.7 Å². The van der Waals surface area contributed by atoms with E-state index in [1.54, 1.807) is 14.1 Å². The Morgan fingerprint density at radius 1 is 1.12 bits per heavy atom. The SMILES string of the molecule is CC(C)[C@H](C)NCc1cc(O)c2c(c1N(C)C)C[C@H]1C[C@H]3[C@H](N(C)C)C(=O)C(C(N)=O)C(=O)[C@@]3(O)C(=O)C1C2=O. The van der Waals surface area contributed by atoms with Gasteiger partial charge < -0.3 is 26.2 Å². The summed E-state index contributed by atoms with van der Waals surface area (Å²) in [6.07, 6.45) is 0.241. The Balaban J connectivity index is 1.84. The van der Waals surface area contributed by atoms with E-state index in [4.69, 9.17) is 5.73 Å². The molecule has 5 N–H and O–H groups in total. The Bertz CT molecular complexity index is 1290. The van der Waals surface area contributed by atoms with Crippen molar-refractivity contribution < 1.29 is 34.2 Å². The summed E-state index contributed by atoms with van der Waals surface area (Å²) in [6.45, 7) is 6.71. The number of fused-ring (bicyclic) bond motifs is 3. The van der Waals surface area contributed by atoms with Crippen LogP contribution in [0.1, 0.15) is 48.7 Å². The van der Waals surface area contributed by atoms with Gasteiger partial charge in [0, 0.05) is 38.3 Å². The van der Waals surface area contributed by atoms with Crippen LogP contribution >= 0.6 is 0 Å². The van der Waals surface area contributed by atoms with Gasteiger partial charge in [-0.05, 0) is 62.9 Å². The minimum absolute atomic E-state index is 0.00375. The molecule has 11 nitrogen and oxygen atoms in total. The molecule has 1 amide bonds. The number of nitrogens with two attached hydrogens (primary N) is 1. The van der Waals surface area contributed by atoms with E-state index in [1.165, 1.54) is 11.0 Å². The van der Waals surface area contributed by atoms with E-state index >= 15 is 0 Å². The van der Waals surface area contributed by atoms with Gasteiger partial charge >= 0.3 is 0 Å². The van der Waals surface area contributed by atoms with Crippen molar-refractivity contribution in [1.29, 1.82) is 0 Å². The van der Waals surface area contributed by atoms with Crippen LogP contribution in [0.4, 0.5) is 5.69 Å². The van der Waals surface area contributed by atoms with Crippen molar-refractivity contribution in [3.05, 3.63) is 22.8 Å². The van der Waals surface area contributed by atoms with E-state index in [0.717, 1.165) is 11.3 Å². The van der Waals surface area contributed by atoms with Crippen LogP contribution in [0.5, 0.6) is 5.75 Å². The summed E-state index contributed by atoms with van der Waals surface area (Å²) >= 11 is 0. The van der Waals surface area contributed by atoms with E-state index in [1.807, 2.05) is 19.0 Å². The fourth-order valence-corrected chi connectivity index (χ4v) is 6.93. The molecule has 0 bridgehead atoms. The number of likely N-dealkylation sites (N-methyl/N-ethyl adjacent to an activating group) is 1. The van der Waals surface area contributed by atoms with Crippen molar-refractivity contribution in [2.75, 3.05) is 33.1 Å². The number of rotatable bonds is 7. The first kappa shape index (κ1) is 29.8. The molecular formula is C29H40N4O7. The van der Waals surface area contributed by atoms with Gasteiger partial charge in [0.25, 0.3) is 0 Å². The minimum atomic E-state index is -2.73. The predicted octanol–water partition coefficient (Wildman–Crippen LogP) is 0.0671. The van der Waals surface area contributed by atoms with E-state index in [9.17, 15) is 34.2 Å². The number of carbonyl (C=O) groups excluding carboxylic acids is 5. The molecule has 1 aromatic rings. The van der Waals surface area contributed by atoms with Crippen LogP contribution in [0, 0.1) is 29.6 Å². The molecule has 1 aromatic carbocycles. The highest BCUT2D eigenvalue weighted by molar-refractivity contribution is 6.32. The number of anilines is 1. The normalized spacial score (nSPS) is 30.7. The first-order chi connectivity index (χ1) is 18.5. The fourth-order valence-electron chi connectivity index (χ4n) is 6.93. The number of phenols is 1. The van der Waals surface area contributed by atoms with Crippen LogP contribution in [0.15, 0.2) is 6.07 Å². The van der Waals surface area contributed by atoms with Gasteiger partial charge in [0.2, 0.25) is 5.91 Å². The summed E-state index contributed by atoms with van der Waals surface area (Å²) in [5, 5.41) is 26.2. The average molecular weight is 557 g/mol. The number of hydrogen-bond acceptors (Lipinski definition) is 10. The van der Waals surface area contributed by atoms with Crippen LogP contribution in [-0.2, 0) is 32.1 Å². The van der Waals surface area contributed by atoms with Gasteiger partial charge in [-0.25, -0.2) is 0 Å². The minimum Gasteiger partial charge on any atom is -0.507 e. The molecule has 218 valence electrons. The number of nitrogens with one attached hydrogen (secondary N) is 1. The van der Waals surface area contributed by atoms with Gasteiger partial charge in [0.05, 0.1) is 17.5 Å². The molecule has 7 atom stereocenters. The number of hydrogen-bond donors (Lipinski definition) is 4. The molecule has 0 saturated heterocycles. The zero-order valence-electron chi connectivity index (χ0n) is 24.1. The Morgan fingerprint density at radius 3 is 2.27 bits per heavy atom. The lowest BCUT2D eigenvalue weighted by molar-refractivity contribution is -0.181. The summed E-state index contributed by atoms with van der Waals surface area (Å²) in [7, 11) is 6.81. The summed E-state index contributed by atoms with van der Waals surface area (Å²) in [6, 6.07) is 0.588. The molecule has 2 fully saturated rings. The van der Waals surface area contributed by atoms with Crippen molar-refractivity contribution in [3.63, 3.8) is 0 Å². The molecule has 11 heteroatoms. The lowest BCUT2D eigenvalue weighted by Crippen LogP contribution is -2.74. The van der Waals surface area contributed by atoms with E-state index in [0.29, 0.717) is 18.0 Å². The molecule has 0 aliphatic heterocycles. The quantitative estimate of drug-likeness (QED) is 0.337. The number of amides is 1. The number of primary amides is 1. The summed E-state index contributed by atoms with van der Waals surface area (Å²) in [5.41, 5.74) is 4.77. The lowest BCUT2D eigenvalue weighted by atomic mass is 9.52. The molecule has 0 aromatic heterocycles. The Kier molecular flexibility index (Phi) is 7.72. The van der Waals surface area contributed by atoms with Crippen LogP contribution in [0.25, 0.3) is 0 Å². The molecule has 2 saturated carbocycles. The molecule has 3 aliphatic rings. The standard InChI is InChI=1S/C29H40N4O7/c1-12(2)13(3)31-11-15-10-18(34)20-16(22(15)32(4)5)8-14-9-17-23(33(6)7)25(36)21(28(30)39)27(38)29(17,40)26(37)19(14)24(20)35/h10,12-14,17,19,21,23,31,34,40H,8-9,11H2,1-7H3,(H2,30,39)/t13-,14-,17-,19?,21?,23-,29-/m0/s1. The second-order valence-electron chi connectivity index (χ2n) is 12.4. The van der Waals surface area contributed by atoms with Gasteiger partial charge in [0.1, 0.15) is 5.75 Å². The summed E-state index contributed by atoms with van der Waals surface area (Å²) in [4.78, 5) is 70.0. The topological polar surface area (TPSA) is 170 Å². The van der Waals surface area contributed by atoms with Gasteiger partial charge in [0.15, 0.2) is 34.7 Å². The third-order valence-electron chi connectivity index (χ3n) is 9.17. The number of ketones is 4. The highest BCUT2D eigenvalue weighted by Crippen LogP contribution is 2.52. The molecule has 0 radical (unpaired) electrons. The zero-order chi connectivity index (χ0) is 30.0. The zero-order valence-corrected chi connectivity index (χ0v) is 24.1. The Labute approximate surface area is 234 Å². The van der Waals surface area contributed by atoms with Crippen LogP contribution in [0.2, 0.25) is 0 Å². The van der Waals surface area contributed by atoms with Gasteiger partial charge in [-0.15, -0.1) is 0 Å². The Morgan fingerprint density at radius 2 is 1.75 bits per heavy atom. The highest BCUT2D eigenvalue weighted by atomic mass is 16.3. The number of Topliss-reactive ketones (excluding diaryl/α,β-unsaturated/α-hetero) is 4. The van der Waals surface area contributed by atoms with Crippen LogP contribution in [-0.4, -0.2) is 90.0 Å². The third-order valence-corrected chi connectivity index (χ3v) is 9.17. The van der Waals surface area contributed by atoms with E-state index in [2.05, 4.69) is 26.1 Å². The van der Waals surface area contributed by atoms with Crippen molar-refractivity contribution in [2.45, 2.75) is 57.8 Å². The summed E-state index contributed by atoms with van der Waals surface area (Å²) < 4.78 is 0. The summed E-state index contributed by atoms with van der Waals surface area (Å²) in [5.74, 6) is -10.1. The monoisotopic (exact) mass is 556 g/mol. The maximum Gasteiger partial charge on any atom is 0.235 e. The van der Waals surface area contributed by atoms with Crippen LogP contribution < -0.4 is 16.0 Å². The number of aromatic hydroxyl groups is 1. The molecule has 3 aliphatic carbocycles. The predicted molar refractivity (Wildman–Crippen MR) is 147 cm³/mol. The van der Waals surface area contributed by atoms with E-state index in [-0.39, 0.29) is 30.2 Å². The largest absolute Gasteiger partial charge is 0.507 e. The van der Waals surface area contributed by atoms with Crippen molar-refractivity contribution in [3.8, 4) is 5.75 Å². The maximum atomic E-state index is 14.0. The number of carbonyl (C=O) groups is 5. The molecular weight excluding hydrogens is 516 g/mol. The van der Waals surface area contributed by atoms with Crippen molar-refractivity contribution in [1.82, 2.24) is 10.2 Å². The third kappa shape index (κ3) is 4.35. The second kappa shape index (κ2) is 10.4. The highest BCUT2D eigenvalue weighted by Gasteiger charge is 2.69. The lowest BCUT2D eigenvalue weighted by Gasteiger charge is -2.52. The number of benzene rings is 1. The Hall–Kier alpha value is -3.15. The molecule has 4 rings (SSSR count). The smallest absolute Gasteiger partial charge is 0.235 e. The molecule has 0 spiro atoms. The van der Waals surface area contributed by atoms with Gasteiger partial charge in [-0.2, -0.15) is 0 Å². The van der Waals surface area contributed by atoms with Crippen molar-refractivity contribution in [2.24, 2.45) is 35.3 Å². The first-order valence-electron chi connectivity index (χ1n) is 13.7. The maximum absolute atomic E-state index is 14.0. The van der Waals surface area contributed by atoms with Gasteiger partial charge in [-0.1, -0.05) is 13.8 Å². The molecule has 2 unspecified atom stereocenters. The van der Waals surface area contributed by atoms with Gasteiger partial charge in [-0.3, -0.25) is 28.9 Å².